The Balaban J connectivity index is 1.48. The quantitative estimate of drug-likeness (QED) is 0.425. The van der Waals surface area contributed by atoms with Crippen LogP contribution in [-0.2, 0) is 6.54 Å². The Morgan fingerprint density at radius 1 is 0.882 bits per heavy atom. The predicted octanol–water partition coefficient (Wildman–Crippen LogP) is 4.68. The molecule has 3 aromatic carbocycles. The van der Waals surface area contributed by atoms with Crippen molar-refractivity contribution in [3.63, 3.8) is 0 Å². The smallest absolute Gasteiger partial charge is 0.255 e. The van der Waals surface area contributed by atoms with Crippen LogP contribution in [0.25, 0.3) is 5.69 Å². The molecule has 0 fully saturated rings. The molecule has 172 valence electrons. The van der Waals surface area contributed by atoms with Crippen LogP contribution in [-0.4, -0.2) is 28.7 Å². The van der Waals surface area contributed by atoms with Crippen molar-refractivity contribution in [3.05, 3.63) is 107 Å². The third kappa shape index (κ3) is 4.83. The van der Waals surface area contributed by atoms with Crippen molar-refractivity contribution >= 4 is 17.5 Å². The van der Waals surface area contributed by atoms with E-state index in [1.54, 1.807) is 55.6 Å². The molecule has 0 bridgehead atoms. The number of aromatic nitrogens is 2. The molecule has 0 spiro atoms. The Hall–Kier alpha value is -4.39. The van der Waals surface area contributed by atoms with E-state index in [1.165, 1.54) is 0 Å². The number of nitrogens with zero attached hydrogens (tertiary/aromatic N) is 2. The fourth-order valence-electron chi connectivity index (χ4n) is 3.74. The Kier molecular flexibility index (Phi) is 6.73. The molecule has 7 nitrogen and oxygen atoms in total. The fourth-order valence-corrected chi connectivity index (χ4v) is 3.74. The van der Waals surface area contributed by atoms with Gasteiger partial charge in [-0.2, -0.15) is 5.10 Å². The van der Waals surface area contributed by atoms with Crippen LogP contribution in [0.5, 0.6) is 5.75 Å². The summed E-state index contributed by atoms with van der Waals surface area (Å²) in [6.45, 7) is 4.23. The van der Waals surface area contributed by atoms with Crippen LogP contribution in [0, 0.1) is 13.8 Å². The van der Waals surface area contributed by atoms with Crippen LogP contribution in [0.4, 0.5) is 5.69 Å². The Morgan fingerprint density at radius 3 is 2.26 bits per heavy atom. The predicted molar refractivity (Wildman–Crippen MR) is 132 cm³/mol. The van der Waals surface area contributed by atoms with Crippen molar-refractivity contribution in [3.8, 4) is 11.4 Å². The van der Waals surface area contributed by atoms with Gasteiger partial charge in [-0.15, -0.1) is 0 Å². The summed E-state index contributed by atoms with van der Waals surface area (Å²) >= 11 is 0. The van der Waals surface area contributed by atoms with Gasteiger partial charge in [0.05, 0.1) is 29.7 Å². The second-order valence-electron chi connectivity index (χ2n) is 7.81. The average Bonchev–Trinajstić information content (AvgIpc) is 3.16. The van der Waals surface area contributed by atoms with Gasteiger partial charge in [0.25, 0.3) is 11.8 Å². The van der Waals surface area contributed by atoms with E-state index in [2.05, 4.69) is 15.7 Å². The van der Waals surface area contributed by atoms with Crippen LogP contribution < -0.4 is 15.4 Å². The van der Waals surface area contributed by atoms with Gasteiger partial charge in [0.1, 0.15) is 5.75 Å². The largest absolute Gasteiger partial charge is 0.497 e. The summed E-state index contributed by atoms with van der Waals surface area (Å²) in [5, 5.41) is 10.4. The van der Waals surface area contributed by atoms with Crippen LogP contribution in [0.3, 0.4) is 0 Å². The summed E-state index contributed by atoms with van der Waals surface area (Å²) in [4.78, 5) is 25.7. The van der Waals surface area contributed by atoms with Gasteiger partial charge in [-0.1, -0.05) is 30.3 Å². The Morgan fingerprint density at radius 2 is 1.56 bits per heavy atom. The highest BCUT2D eigenvalue weighted by Gasteiger charge is 2.17. The summed E-state index contributed by atoms with van der Waals surface area (Å²) in [6.07, 6.45) is 0. The normalized spacial score (nSPS) is 10.6. The zero-order valence-electron chi connectivity index (χ0n) is 19.3. The van der Waals surface area contributed by atoms with Crippen molar-refractivity contribution in [2.45, 2.75) is 20.4 Å². The van der Waals surface area contributed by atoms with Crippen LogP contribution in [0.2, 0.25) is 0 Å². The highest BCUT2D eigenvalue weighted by atomic mass is 16.5. The van der Waals surface area contributed by atoms with E-state index in [0.717, 1.165) is 22.6 Å². The lowest BCUT2D eigenvalue weighted by Crippen LogP contribution is -2.25. The third-order valence-corrected chi connectivity index (χ3v) is 5.64. The van der Waals surface area contributed by atoms with Crippen molar-refractivity contribution < 1.29 is 14.3 Å². The van der Waals surface area contributed by atoms with Gasteiger partial charge >= 0.3 is 0 Å². The molecule has 2 N–H and O–H groups in total. The van der Waals surface area contributed by atoms with Gasteiger partial charge in [0.15, 0.2) is 0 Å². The average molecular weight is 455 g/mol. The van der Waals surface area contributed by atoms with E-state index in [9.17, 15) is 9.59 Å². The minimum Gasteiger partial charge on any atom is -0.497 e. The molecule has 0 aliphatic carbocycles. The minimum atomic E-state index is -0.307. The second kappa shape index (κ2) is 10.0. The van der Waals surface area contributed by atoms with E-state index in [-0.39, 0.29) is 11.8 Å². The molecule has 0 saturated carbocycles. The number of aryl methyl sites for hydroxylation is 1. The third-order valence-electron chi connectivity index (χ3n) is 5.64. The number of benzene rings is 3. The van der Waals surface area contributed by atoms with E-state index in [4.69, 9.17) is 4.74 Å². The monoisotopic (exact) mass is 454 g/mol. The van der Waals surface area contributed by atoms with Gasteiger partial charge in [0, 0.05) is 23.4 Å². The number of hydrogen-bond acceptors (Lipinski definition) is 4. The molecular formula is C27H26N4O3. The van der Waals surface area contributed by atoms with Crippen molar-refractivity contribution in [2.75, 3.05) is 12.4 Å². The molecule has 7 heteroatoms. The molecular weight excluding hydrogens is 428 g/mol. The first-order valence-electron chi connectivity index (χ1n) is 10.9. The number of methoxy groups -OCH3 is 1. The summed E-state index contributed by atoms with van der Waals surface area (Å²) in [5.74, 6) is 0.0770. The number of rotatable bonds is 7. The first-order chi connectivity index (χ1) is 16.5. The van der Waals surface area contributed by atoms with E-state index in [1.807, 2.05) is 48.9 Å². The molecule has 0 atom stereocenters. The fraction of sp³-hybridized carbons (Fsp3) is 0.148. The summed E-state index contributed by atoms with van der Waals surface area (Å²) in [6, 6.07) is 23.6. The molecule has 0 unspecified atom stereocenters. The number of hydrogen-bond donors (Lipinski definition) is 2. The van der Waals surface area contributed by atoms with Gasteiger partial charge in [-0.3, -0.25) is 9.59 Å². The molecule has 0 saturated heterocycles. The Labute approximate surface area is 198 Å². The van der Waals surface area contributed by atoms with Crippen LogP contribution >= 0.6 is 0 Å². The number of amides is 2. The van der Waals surface area contributed by atoms with Crippen molar-refractivity contribution in [2.24, 2.45) is 0 Å². The molecule has 0 aliphatic heterocycles. The minimum absolute atomic E-state index is 0.281. The van der Waals surface area contributed by atoms with Gasteiger partial charge in [-0.25, -0.2) is 4.68 Å². The number of anilines is 1. The highest BCUT2D eigenvalue weighted by Crippen LogP contribution is 2.20. The SMILES string of the molecule is COc1ccc(C(=O)Nc2ccccc2C(=O)NCc2c(C)nn(-c3ccccc3)c2C)cc1. The van der Waals surface area contributed by atoms with Gasteiger partial charge in [-0.05, 0) is 62.4 Å². The molecule has 1 aromatic heterocycles. The molecule has 4 aromatic rings. The lowest BCUT2D eigenvalue weighted by atomic mass is 10.1. The molecule has 4 rings (SSSR count). The molecule has 0 aliphatic rings. The van der Waals surface area contributed by atoms with Gasteiger partial charge < -0.3 is 15.4 Å². The first-order valence-corrected chi connectivity index (χ1v) is 10.9. The zero-order valence-corrected chi connectivity index (χ0v) is 19.3. The maximum absolute atomic E-state index is 13.0. The number of nitrogens with one attached hydrogen (secondary N) is 2. The van der Waals surface area contributed by atoms with E-state index in [0.29, 0.717) is 29.1 Å². The molecule has 2 amide bonds. The zero-order chi connectivity index (χ0) is 24.1. The Bertz CT molecular complexity index is 1310. The maximum atomic E-state index is 13.0. The number of carbonyl (C=O) groups excluding carboxylic acids is 2. The second-order valence-corrected chi connectivity index (χ2v) is 7.81. The van der Waals surface area contributed by atoms with Crippen LogP contribution in [0.1, 0.15) is 37.7 Å². The number of carbonyl (C=O) groups is 2. The van der Waals surface area contributed by atoms with Crippen molar-refractivity contribution in [1.29, 1.82) is 0 Å². The first kappa shape index (κ1) is 22.8. The van der Waals surface area contributed by atoms with E-state index >= 15 is 0 Å². The summed E-state index contributed by atoms with van der Waals surface area (Å²) < 4.78 is 7.01. The highest BCUT2D eigenvalue weighted by molar-refractivity contribution is 6.09. The lowest BCUT2D eigenvalue weighted by molar-refractivity contribution is 0.0951. The van der Waals surface area contributed by atoms with E-state index < -0.39 is 0 Å². The number of para-hydroxylation sites is 2. The van der Waals surface area contributed by atoms with Crippen LogP contribution in [0.15, 0.2) is 78.9 Å². The molecule has 34 heavy (non-hydrogen) atoms. The molecule has 0 radical (unpaired) electrons. The summed E-state index contributed by atoms with van der Waals surface area (Å²) in [5.41, 5.74) is 5.03. The maximum Gasteiger partial charge on any atom is 0.255 e. The van der Waals surface area contributed by atoms with Gasteiger partial charge in [0.2, 0.25) is 0 Å². The standard InChI is InChI=1S/C27H26N4O3/c1-18-24(19(2)31(30-18)21-9-5-4-6-10-21)17-28-27(33)23-11-7-8-12-25(23)29-26(32)20-13-15-22(34-3)16-14-20/h4-16H,17H2,1-3H3,(H,28,33)(H,29,32). The lowest BCUT2D eigenvalue weighted by Gasteiger charge is -2.12. The summed E-state index contributed by atoms with van der Waals surface area (Å²) in [7, 11) is 1.57. The topological polar surface area (TPSA) is 85.2 Å². The molecule has 1 heterocycles. The van der Waals surface area contributed by atoms with Crippen molar-refractivity contribution in [1.82, 2.24) is 15.1 Å². The number of ether oxygens (including phenoxy) is 1.